The number of anilines is 2. The normalized spacial score (nSPS) is 13.1. The number of rotatable bonds is 7. The van der Waals surface area contributed by atoms with Gasteiger partial charge in [-0.15, -0.1) is 11.8 Å². The molecule has 4 rings (SSSR count). The van der Waals surface area contributed by atoms with Crippen LogP contribution < -0.4 is 15.4 Å². The molecule has 154 valence electrons. The Kier molecular flexibility index (Phi) is 6.24. The van der Waals surface area contributed by atoms with E-state index in [4.69, 9.17) is 10.5 Å². The van der Waals surface area contributed by atoms with Gasteiger partial charge in [-0.3, -0.25) is 4.79 Å². The molecular weight excluding hydrogens is 464 g/mol. The molecule has 0 spiro atoms. The van der Waals surface area contributed by atoms with Crippen LogP contribution in [0.1, 0.15) is 28.8 Å². The number of ether oxygens (including phenoxy) is 1. The number of hydrogen-bond donors (Lipinski definition) is 1. The van der Waals surface area contributed by atoms with Crippen molar-refractivity contribution in [1.29, 1.82) is 0 Å². The summed E-state index contributed by atoms with van der Waals surface area (Å²) in [6.07, 6.45) is 7.62. The molecule has 2 heterocycles. The summed E-state index contributed by atoms with van der Waals surface area (Å²) in [6.45, 7) is 0.357. The van der Waals surface area contributed by atoms with Crippen molar-refractivity contribution in [2.45, 2.75) is 30.5 Å². The molecule has 2 aromatic heterocycles. The van der Waals surface area contributed by atoms with Crippen molar-refractivity contribution in [2.24, 2.45) is 0 Å². The van der Waals surface area contributed by atoms with Gasteiger partial charge in [0, 0.05) is 28.6 Å². The van der Waals surface area contributed by atoms with Crippen molar-refractivity contribution >= 4 is 45.0 Å². The number of halogens is 1. The number of pyridine rings is 2. The molecule has 3 aromatic rings. The SMILES string of the molecule is CSc1ncccc1N(Cc1ccc(Br)c(N)c1)C(=O)c1ccc(OC2CC2)nc1. The first-order chi connectivity index (χ1) is 14.5. The van der Waals surface area contributed by atoms with Crippen LogP contribution in [0, 0.1) is 0 Å². The Balaban J connectivity index is 1.66. The Hall–Kier alpha value is -2.58. The molecule has 0 radical (unpaired) electrons. The van der Waals surface area contributed by atoms with Gasteiger partial charge < -0.3 is 15.4 Å². The summed E-state index contributed by atoms with van der Waals surface area (Å²) in [5.74, 6) is 0.387. The van der Waals surface area contributed by atoms with Crippen LogP contribution in [-0.2, 0) is 6.54 Å². The molecule has 2 N–H and O–H groups in total. The fourth-order valence-electron chi connectivity index (χ4n) is 2.97. The van der Waals surface area contributed by atoms with Crippen LogP contribution >= 0.6 is 27.7 Å². The second-order valence-electron chi connectivity index (χ2n) is 6.98. The first-order valence-corrected chi connectivity index (χ1v) is 11.5. The van der Waals surface area contributed by atoms with Gasteiger partial charge in [-0.05, 0) is 70.9 Å². The van der Waals surface area contributed by atoms with Gasteiger partial charge in [0.2, 0.25) is 5.88 Å². The van der Waals surface area contributed by atoms with Crippen molar-refractivity contribution < 1.29 is 9.53 Å². The molecule has 6 nitrogen and oxygen atoms in total. The molecule has 1 aliphatic rings. The van der Waals surface area contributed by atoms with Gasteiger partial charge in [0.15, 0.2) is 0 Å². The van der Waals surface area contributed by atoms with Crippen molar-refractivity contribution in [3.8, 4) is 5.88 Å². The fourth-order valence-corrected chi connectivity index (χ4v) is 3.77. The molecule has 8 heteroatoms. The second-order valence-corrected chi connectivity index (χ2v) is 8.63. The van der Waals surface area contributed by atoms with Gasteiger partial charge in [-0.2, -0.15) is 0 Å². The van der Waals surface area contributed by atoms with Crippen molar-refractivity contribution in [2.75, 3.05) is 16.9 Å². The van der Waals surface area contributed by atoms with Gasteiger partial charge in [-0.1, -0.05) is 6.07 Å². The molecule has 0 bridgehead atoms. The number of benzene rings is 1. The van der Waals surface area contributed by atoms with Crippen molar-refractivity contribution in [1.82, 2.24) is 9.97 Å². The van der Waals surface area contributed by atoms with Crippen LogP contribution in [0.5, 0.6) is 5.88 Å². The van der Waals surface area contributed by atoms with E-state index in [-0.39, 0.29) is 12.0 Å². The highest BCUT2D eigenvalue weighted by Crippen LogP contribution is 2.30. The number of thioether (sulfide) groups is 1. The fraction of sp³-hybridized carbons (Fsp3) is 0.227. The van der Waals surface area contributed by atoms with Gasteiger partial charge in [0.25, 0.3) is 5.91 Å². The van der Waals surface area contributed by atoms with E-state index < -0.39 is 0 Å². The lowest BCUT2D eigenvalue weighted by atomic mass is 10.1. The maximum absolute atomic E-state index is 13.5. The van der Waals surface area contributed by atoms with E-state index in [1.807, 2.05) is 36.6 Å². The molecule has 1 aromatic carbocycles. The minimum atomic E-state index is -0.162. The Morgan fingerprint density at radius 1 is 1.27 bits per heavy atom. The average molecular weight is 485 g/mol. The minimum Gasteiger partial charge on any atom is -0.474 e. The molecule has 30 heavy (non-hydrogen) atoms. The number of nitrogens with zero attached hydrogens (tertiary/aromatic N) is 3. The summed E-state index contributed by atoms with van der Waals surface area (Å²) in [7, 11) is 0. The number of nitrogen functional groups attached to an aromatic ring is 1. The summed E-state index contributed by atoms with van der Waals surface area (Å²) in [5, 5.41) is 0.776. The second kappa shape index (κ2) is 9.06. The van der Waals surface area contributed by atoms with Crippen LogP contribution in [0.25, 0.3) is 0 Å². The summed E-state index contributed by atoms with van der Waals surface area (Å²) in [6, 6.07) is 12.9. The van der Waals surface area contributed by atoms with E-state index in [0.717, 1.165) is 33.6 Å². The smallest absolute Gasteiger partial charge is 0.260 e. The predicted molar refractivity (Wildman–Crippen MR) is 123 cm³/mol. The van der Waals surface area contributed by atoms with E-state index in [9.17, 15) is 4.79 Å². The van der Waals surface area contributed by atoms with Crippen LogP contribution in [0.15, 0.2) is 64.4 Å². The van der Waals surface area contributed by atoms with E-state index in [2.05, 4.69) is 25.9 Å². The third kappa shape index (κ3) is 4.76. The number of hydrogen-bond acceptors (Lipinski definition) is 6. The quantitative estimate of drug-likeness (QED) is 0.378. The monoisotopic (exact) mass is 484 g/mol. The van der Waals surface area contributed by atoms with E-state index in [0.29, 0.717) is 23.7 Å². The van der Waals surface area contributed by atoms with E-state index in [1.165, 1.54) is 11.8 Å². The Bertz CT molecular complexity index is 1060. The first kappa shape index (κ1) is 20.7. The highest BCUT2D eigenvalue weighted by molar-refractivity contribution is 9.10. The van der Waals surface area contributed by atoms with Crippen LogP contribution in [0.2, 0.25) is 0 Å². The number of aromatic nitrogens is 2. The van der Waals surface area contributed by atoms with Gasteiger partial charge in [0.1, 0.15) is 11.1 Å². The molecule has 0 saturated heterocycles. The average Bonchev–Trinajstić information content (AvgIpc) is 3.58. The molecule has 0 aliphatic heterocycles. The standard InChI is InChI=1S/C22H21BrN4O2S/c1-30-21-19(3-2-10-25-21)27(13-14-4-8-17(23)18(24)11-14)22(28)15-5-9-20(26-12-15)29-16-6-7-16/h2-5,8-12,16H,6-7,13,24H2,1H3. The Morgan fingerprint density at radius 2 is 2.10 bits per heavy atom. The molecule has 1 saturated carbocycles. The van der Waals surface area contributed by atoms with Crippen LogP contribution in [-0.4, -0.2) is 28.2 Å². The number of nitrogens with two attached hydrogens (primary N) is 1. The van der Waals surface area contributed by atoms with Gasteiger partial charge in [0.05, 0.1) is 17.8 Å². The zero-order chi connectivity index (χ0) is 21.1. The number of amides is 1. The Morgan fingerprint density at radius 3 is 2.77 bits per heavy atom. The molecular formula is C22H21BrN4O2S. The minimum absolute atomic E-state index is 0.162. The van der Waals surface area contributed by atoms with Gasteiger partial charge >= 0.3 is 0 Å². The third-order valence-corrected chi connectivity index (χ3v) is 6.10. The van der Waals surface area contributed by atoms with Gasteiger partial charge in [-0.25, -0.2) is 9.97 Å². The van der Waals surface area contributed by atoms with E-state index >= 15 is 0 Å². The lowest BCUT2D eigenvalue weighted by Gasteiger charge is -2.24. The first-order valence-electron chi connectivity index (χ1n) is 9.52. The molecule has 1 amide bonds. The van der Waals surface area contributed by atoms with E-state index in [1.54, 1.807) is 29.4 Å². The highest BCUT2D eigenvalue weighted by atomic mass is 79.9. The zero-order valence-electron chi connectivity index (χ0n) is 16.4. The van der Waals surface area contributed by atoms with Crippen molar-refractivity contribution in [3.63, 3.8) is 0 Å². The third-order valence-electron chi connectivity index (χ3n) is 4.68. The molecule has 1 fully saturated rings. The number of carbonyl (C=O) groups excluding carboxylic acids is 1. The predicted octanol–water partition coefficient (Wildman–Crippen LogP) is 4.93. The summed E-state index contributed by atoms with van der Waals surface area (Å²) in [4.78, 5) is 23.9. The summed E-state index contributed by atoms with van der Waals surface area (Å²) in [5.41, 5.74) is 8.82. The maximum Gasteiger partial charge on any atom is 0.260 e. The zero-order valence-corrected chi connectivity index (χ0v) is 18.8. The topological polar surface area (TPSA) is 81.3 Å². The molecule has 1 aliphatic carbocycles. The summed E-state index contributed by atoms with van der Waals surface area (Å²) < 4.78 is 6.52. The number of carbonyl (C=O) groups is 1. The maximum atomic E-state index is 13.5. The lowest BCUT2D eigenvalue weighted by Crippen LogP contribution is -2.31. The highest BCUT2D eigenvalue weighted by Gasteiger charge is 2.25. The Labute approximate surface area is 188 Å². The largest absolute Gasteiger partial charge is 0.474 e. The molecule has 0 atom stereocenters. The lowest BCUT2D eigenvalue weighted by molar-refractivity contribution is 0.0984. The summed E-state index contributed by atoms with van der Waals surface area (Å²) >= 11 is 4.91. The van der Waals surface area contributed by atoms with Crippen molar-refractivity contribution in [3.05, 3.63) is 70.5 Å². The van der Waals surface area contributed by atoms with Crippen LogP contribution in [0.3, 0.4) is 0 Å². The molecule has 0 unspecified atom stereocenters. The van der Waals surface area contributed by atoms with Crippen LogP contribution in [0.4, 0.5) is 11.4 Å².